The van der Waals surface area contributed by atoms with Crippen LogP contribution in [0.4, 0.5) is 0 Å². The highest BCUT2D eigenvalue weighted by atomic mass is 16.2. The Morgan fingerprint density at radius 3 is 3.00 bits per heavy atom. The van der Waals surface area contributed by atoms with Crippen LogP contribution in [-0.4, -0.2) is 48.7 Å². The maximum Gasteiger partial charge on any atom is 0.220 e. The molecule has 1 rings (SSSR count). The maximum absolute atomic E-state index is 11.5. The monoisotopic (exact) mass is 240 g/mol. The number of carbonyl (C=O) groups is 2. The summed E-state index contributed by atoms with van der Waals surface area (Å²) in [6.07, 6.45) is 2.81. The highest BCUT2D eigenvalue weighted by Gasteiger charge is 2.22. The van der Waals surface area contributed by atoms with Crippen LogP contribution in [0.2, 0.25) is 0 Å². The Hall–Kier alpha value is -1.59. The molecule has 1 unspecified atom stereocenters. The Morgan fingerprint density at radius 1 is 1.65 bits per heavy atom. The van der Waals surface area contributed by atoms with Crippen LogP contribution in [0.3, 0.4) is 0 Å². The summed E-state index contributed by atoms with van der Waals surface area (Å²) < 4.78 is 0. The molecule has 3 N–H and O–H groups in total. The van der Waals surface area contributed by atoms with Crippen LogP contribution in [0.15, 0.2) is 4.99 Å². The molecule has 1 atom stereocenters. The third-order valence-corrected chi connectivity index (χ3v) is 2.66. The van der Waals surface area contributed by atoms with Crippen molar-refractivity contribution in [1.29, 1.82) is 0 Å². The average molecular weight is 240 g/mol. The number of carbonyl (C=O) groups excluding carboxylic acids is 2. The zero-order chi connectivity index (χ0) is 12.7. The Balaban J connectivity index is 2.13. The number of likely N-dealkylation sites (tertiary alicyclic amines) is 1. The fourth-order valence-electron chi connectivity index (χ4n) is 1.80. The van der Waals surface area contributed by atoms with Gasteiger partial charge in [0.25, 0.3) is 0 Å². The lowest BCUT2D eigenvalue weighted by molar-refractivity contribution is -0.122. The predicted octanol–water partition coefficient (Wildman–Crippen LogP) is -0.509. The van der Waals surface area contributed by atoms with Crippen LogP contribution in [-0.2, 0) is 9.59 Å². The summed E-state index contributed by atoms with van der Waals surface area (Å²) in [5.74, 6) is 0.565. The second-order valence-electron chi connectivity index (χ2n) is 4.28. The molecule has 1 fully saturated rings. The van der Waals surface area contributed by atoms with E-state index >= 15 is 0 Å². The van der Waals surface area contributed by atoms with Crippen molar-refractivity contribution >= 4 is 18.2 Å². The Kier molecular flexibility index (Phi) is 5.45. The molecule has 0 aromatic carbocycles. The highest BCUT2D eigenvalue weighted by molar-refractivity contribution is 5.78. The minimum Gasteiger partial charge on any atom is -0.388 e. The quantitative estimate of drug-likeness (QED) is 0.284. The van der Waals surface area contributed by atoms with E-state index in [1.165, 1.54) is 0 Å². The van der Waals surface area contributed by atoms with E-state index in [0.29, 0.717) is 31.8 Å². The molecule has 17 heavy (non-hydrogen) atoms. The van der Waals surface area contributed by atoms with Crippen LogP contribution in [0.5, 0.6) is 0 Å². The van der Waals surface area contributed by atoms with E-state index in [4.69, 9.17) is 5.73 Å². The van der Waals surface area contributed by atoms with Gasteiger partial charge in [0.05, 0.1) is 5.84 Å². The average Bonchev–Trinajstić information content (AvgIpc) is 2.72. The van der Waals surface area contributed by atoms with Gasteiger partial charge in [-0.05, 0) is 19.8 Å². The lowest BCUT2D eigenvalue weighted by atomic mass is 10.2. The van der Waals surface area contributed by atoms with Crippen molar-refractivity contribution < 1.29 is 9.59 Å². The molecule has 1 heterocycles. The molecule has 1 aliphatic rings. The molecule has 1 aliphatic heterocycles. The third-order valence-electron chi connectivity index (χ3n) is 2.66. The number of hydrogen-bond donors (Lipinski definition) is 2. The molecule has 6 nitrogen and oxygen atoms in total. The topological polar surface area (TPSA) is 87.8 Å². The van der Waals surface area contributed by atoms with Crippen molar-refractivity contribution in [3.8, 4) is 0 Å². The number of nitrogens with two attached hydrogens (primary N) is 1. The van der Waals surface area contributed by atoms with E-state index < -0.39 is 0 Å². The summed E-state index contributed by atoms with van der Waals surface area (Å²) in [6.45, 7) is 3.66. The Morgan fingerprint density at radius 2 is 2.41 bits per heavy atom. The minimum atomic E-state index is 0.0209. The highest BCUT2D eigenvalue weighted by Crippen LogP contribution is 2.06. The molecular weight excluding hydrogens is 220 g/mol. The van der Waals surface area contributed by atoms with Gasteiger partial charge >= 0.3 is 0 Å². The SMILES string of the molecule is CC(N)=NCCCC(=O)NC1CCN(C=O)C1. The molecule has 96 valence electrons. The number of nitrogens with one attached hydrogen (secondary N) is 1. The molecule has 1 saturated heterocycles. The Labute approximate surface area is 101 Å². The second-order valence-corrected chi connectivity index (χ2v) is 4.28. The van der Waals surface area contributed by atoms with E-state index in [1.807, 2.05) is 0 Å². The van der Waals surface area contributed by atoms with Crippen molar-refractivity contribution in [2.24, 2.45) is 10.7 Å². The molecule has 0 aromatic rings. The van der Waals surface area contributed by atoms with Gasteiger partial charge in [-0.3, -0.25) is 14.6 Å². The van der Waals surface area contributed by atoms with Crippen LogP contribution >= 0.6 is 0 Å². The van der Waals surface area contributed by atoms with Gasteiger partial charge in [-0.15, -0.1) is 0 Å². The molecule has 0 saturated carbocycles. The van der Waals surface area contributed by atoms with Crippen LogP contribution < -0.4 is 11.1 Å². The molecule has 0 radical (unpaired) electrons. The summed E-state index contributed by atoms with van der Waals surface area (Å²) in [5, 5.41) is 2.91. The molecule has 0 bridgehead atoms. The first-order chi connectivity index (χ1) is 8.11. The van der Waals surface area contributed by atoms with Gasteiger partial charge in [0.1, 0.15) is 0 Å². The minimum absolute atomic E-state index is 0.0209. The summed E-state index contributed by atoms with van der Waals surface area (Å²) in [5.41, 5.74) is 5.38. The zero-order valence-electron chi connectivity index (χ0n) is 10.2. The molecular formula is C11H20N4O2. The van der Waals surface area contributed by atoms with Crippen LogP contribution in [0.25, 0.3) is 0 Å². The predicted molar refractivity (Wildman–Crippen MR) is 65.6 cm³/mol. The first kappa shape index (κ1) is 13.5. The Bertz CT molecular complexity index is 300. The molecule has 6 heteroatoms. The number of amides is 2. The normalized spacial score (nSPS) is 20.4. The number of rotatable bonds is 6. The maximum atomic E-state index is 11.5. The van der Waals surface area contributed by atoms with Gasteiger partial charge in [-0.1, -0.05) is 0 Å². The fraction of sp³-hybridized carbons (Fsp3) is 0.727. The van der Waals surface area contributed by atoms with Crippen LogP contribution in [0, 0.1) is 0 Å². The van der Waals surface area contributed by atoms with Gasteiger partial charge < -0.3 is 16.0 Å². The van der Waals surface area contributed by atoms with Gasteiger partial charge in [0.15, 0.2) is 0 Å². The van der Waals surface area contributed by atoms with Crippen molar-refractivity contribution in [2.45, 2.75) is 32.2 Å². The summed E-state index contributed by atoms with van der Waals surface area (Å²) in [4.78, 5) is 27.7. The molecule has 0 spiro atoms. The van der Waals surface area contributed by atoms with Gasteiger partial charge in [0.2, 0.25) is 12.3 Å². The summed E-state index contributed by atoms with van der Waals surface area (Å²) in [6, 6.07) is 0.104. The van der Waals surface area contributed by atoms with Crippen molar-refractivity contribution in [1.82, 2.24) is 10.2 Å². The van der Waals surface area contributed by atoms with E-state index in [1.54, 1.807) is 11.8 Å². The molecule has 2 amide bonds. The smallest absolute Gasteiger partial charge is 0.220 e. The van der Waals surface area contributed by atoms with Gasteiger partial charge in [-0.2, -0.15) is 0 Å². The van der Waals surface area contributed by atoms with Crippen molar-refractivity contribution in [2.75, 3.05) is 19.6 Å². The summed E-state index contributed by atoms with van der Waals surface area (Å²) in [7, 11) is 0. The van der Waals surface area contributed by atoms with Crippen LogP contribution in [0.1, 0.15) is 26.2 Å². The largest absolute Gasteiger partial charge is 0.388 e. The van der Waals surface area contributed by atoms with E-state index in [0.717, 1.165) is 19.4 Å². The zero-order valence-corrected chi connectivity index (χ0v) is 10.2. The molecule has 0 aliphatic carbocycles. The fourth-order valence-corrected chi connectivity index (χ4v) is 1.80. The second kappa shape index (κ2) is 6.88. The van der Waals surface area contributed by atoms with E-state index in [2.05, 4.69) is 10.3 Å². The van der Waals surface area contributed by atoms with Crippen molar-refractivity contribution in [3.63, 3.8) is 0 Å². The third kappa shape index (κ3) is 5.33. The number of nitrogens with zero attached hydrogens (tertiary/aromatic N) is 2. The van der Waals surface area contributed by atoms with Crippen molar-refractivity contribution in [3.05, 3.63) is 0 Å². The molecule has 0 aromatic heterocycles. The first-order valence-electron chi connectivity index (χ1n) is 5.87. The van der Waals surface area contributed by atoms with E-state index in [9.17, 15) is 9.59 Å². The lowest BCUT2D eigenvalue weighted by Crippen LogP contribution is -2.36. The summed E-state index contributed by atoms with van der Waals surface area (Å²) >= 11 is 0. The van der Waals surface area contributed by atoms with Gasteiger partial charge in [-0.25, -0.2) is 0 Å². The van der Waals surface area contributed by atoms with E-state index in [-0.39, 0.29) is 11.9 Å². The lowest BCUT2D eigenvalue weighted by Gasteiger charge is -2.12. The standard InChI is InChI=1S/C11H20N4O2/c1-9(12)13-5-2-3-11(17)14-10-4-6-15(7-10)8-16/h8,10H,2-7H2,1H3,(H2,12,13)(H,14,17). The first-order valence-corrected chi connectivity index (χ1v) is 5.87. The number of hydrogen-bond acceptors (Lipinski definition) is 3. The van der Waals surface area contributed by atoms with Gasteiger partial charge in [0, 0.05) is 32.1 Å². The number of amidine groups is 1. The number of aliphatic imine (C=N–C) groups is 1.